The van der Waals surface area contributed by atoms with Gasteiger partial charge in [-0.15, -0.1) is 11.3 Å². The van der Waals surface area contributed by atoms with Crippen molar-refractivity contribution in [3.05, 3.63) is 21.9 Å². The Labute approximate surface area is 113 Å². The van der Waals surface area contributed by atoms with Crippen LogP contribution in [0.5, 0.6) is 0 Å². The monoisotopic (exact) mass is 269 g/mol. The molecule has 1 aromatic heterocycles. The minimum absolute atomic E-state index is 0.122. The fraction of sp³-hybridized carbons (Fsp3) is 0.643. The SMILES string of the molecule is CCCN(CC(=O)O)Cc1ccc(C(C)(C)C)s1. The van der Waals surface area contributed by atoms with Gasteiger partial charge in [-0.3, -0.25) is 9.69 Å². The molecule has 4 heteroatoms. The minimum Gasteiger partial charge on any atom is -0.480 e. The van der Waals surface area contributed by atoms with Crippen molar-refractivity contribution in [2.75, 3.05) is 13.1 Å². The lowest BCUT2D eigenvalue weighted by Crippen LogP contribution is -2.29. The molecular formula is C14H23NO2S. The predicted octanol–water partition coefficient (Wildman–Crippen LogP) is 3.34. The summed E-state index contributed by atoms with van der Waals surface area (Å²) in [5.74, 6) is -0.754. The van der Waals surface area contributed by atoms with E-state index in [0.717, 1.165) is 19.5 Å². The number of aliphatic carboxylic acids is 1. The molecule has 1 N–H and O–H groups in total. The number of nitrogens with zero attached hydrogens (tertiary/aromatic N) is 1. The van der Waals surface area contributed by atoms with Gasteiger partial charge < -0.3 is 5.11 Å². The Morgan fingerprint density at radius 3 is 2.50 bits per heavy atom. The highest BCUT2D eigenvalue weighted by molar-refractivity contribution is 7.12. The third kappa shape index (κ3) is 4.78. The van der Waals surface area contributed by atoms with E-state index in [2.05, 4.69) is 39.8 Å². The van der Waals surface area contributed by atoms with E-state index in [0.29, 0.717) is 0 Å². The molecule has 0 aliphatic carbocycles. The lowest BCUT2D eigenvalue weighted by Gasteiger charge is -2.19. The maximum Gasteiger partial charge on any atom is 0.317 e. The molecule has 0 unspecified atom stereocenters. The van der Waals surface area contributed by atoms with Gasteiger partial charge in [0.05, 0.1) is 6.54 Å². The molecule has 0 saturated heterocycles. The molecule has 102 valence electrons. The van der Waals surface area contributed by atoms with Gasteiger partial charge in [0.25, 0.3) is 0 Å². The molecule has 18 heavy (non-hydrogen) atoms. The molecule has 0 spiro atoms. The smallest absolute Gasteiger partial charge is 0.317 e. The first-order valence-electron chi connectivity index (χ1n) is 6.36. The Bertz CT molecular complexity index is 393. The molecular weight excluding hydrogens is 246 g/mol. The Morgan fingerprint density at radius 1 is 1.39 bits per heavy atom. The summed E-state index contributed by atoms with van der Waals surface area (Å²) in [6.07, 6.45) is 0.977. The first-order valence-corrected chi connectivity index (χ1v) is 7.18. The quantitative estimate of drug-likeness (QED) is 0.861. The van der Waals surface area contributed by atoms with E-state index in [1.54, 1.807) is 11.3 Å². The van der Waals surface area contributed by atoms with Crippen molar-refractivity contribution >= 4 is 17.3 Å². The number of hydrogen-bond acceptors (Lipinski definition) is 3. The topological polar surface area (TPSA) is 40.5 Å². The van der Waals surface area contributed by atoms with Crippen molar-refractivity contribution in [2.45, 2.75) is 46.1 Å². The standard InChI is InChI=1S/C14H23NO2S/c1-5-8-15(10-13(16)17)9-11-6-7-12(18-11)14(2,3)4/h6-7H,5,8-10H2,1-4H3,(H,16,17). The molecule has 1 aromatic rings. The molecule has 0 aliphatic rings. The molecule has 1 heterocycles. The van der Waals surface area contributed by atoms with Crippen LogP contribution in [-0.2, 0) is 16.8 Å². The highest BCUT2D eigenvalue weighted by Gasteiger charge is 2.17. The van der Waals surface area contributed by atoms with Gasteiger partial charge in [0, 0.05) is 16.3 Å². The van der Waals surface area contributed by atoms with Gasteiger partial charge in [0.15, 0.2) is 0 Å². The van der Waals surface area contributed by atoms with E-state index in [1.807, 2.05) is 4.90 Å². The van der Waals surface area contributed by atoms with Gasteiger partial charge in [0.2, 0.25) is 0 Å². The Morgan fingerprint density at radius 2 is 2.06 bits per heavy atom. The van der Waals surface area contributed by atoms with E-state index in [-0.39, 0.29) is 12.0 Å². The number of thiophene rings is 1. The number of hydrogen-bond donors (Lipinski definition) is 1. The second-order valence-electron chi connectivity index (χ2n) is 5.62. The van der Waals surface area contributed by atoms with Crippen molar-refractivity contribution in [3.8, 4) is 0 Å². The van der Waals surface area contributed by atoms with Gasteiger partial charge in [-0.2, -0.15) is 0 Å². The van der Waals surface area contributed by atoms with Crippen LogP contribution in [0.1, 0.15) is 43.9 Å². The lowest BCUT2D eigenvalue weighted by molar-refractivity contribution is -0.138. The van der Waals surface area contributed by atoms with Crippen LogP contribution in [0.3, 0.4) is 0 Å². The zero-order valence-corrected chi connectivity index (χ0v) is 12.5. The van der Waals surface area contributed by atoms with E-state index < -0.39 is 5.97 Å². The third-order valence-corrected chi connectivity index (χ3v) is 4.17. The van der Waals surface area contributed by atoms with Crippen LogP contribution in [0.15, 0.2) is 12.1 Å². The van der Waals surface area contributed by atoms with Crippen molar-refractivity contribution in [2.24, 2.45) is 0 Å². The maximum absolute atomic E-state index is 10.8. The van der Waals surface area contributed by atoms with Gasteiger partial charge in [-0.1, -0.05) is 27.7 Å². The normalized spacial score (nSPS) is 12.1. The van der Waals surface area contributed by atoms with Gasteiger partial charge in [-0.25, -0.2) is 0 Å². The molecule has 0 atom stereocenters. The van der Waals surface area contributed by atoms with Crippen molar-refractivity contribution < 1.29 is 9.90 Å². The van der Waals surface area contributed by atoms with E-state index >= 15 is 0 Å². The number of rotatable bonds is 6. The summed E-state index contributed by atoms with van der Waals surface area (Å²) in [5.41, 5.74) is 0.172. The van der Waals surface area contributed by atoms with Crippen LogP contribution < -0.4 is 0 Å². The summed E-state index contributed by atoms with van der Waals surface area (Å²) in [6, 6.07) is 4.28. The first kappa shape index (κ1) is 15.2. The Kier molecular flexibility index (Phi) is 5.35. The third-order valence-electron chi connectivity index (χ3n) is 2.68. The zero-order chi connectivity index (χ0) is 13.8. The van der Waals surface area contributed by atoms with Crippen LogP contribution in [0.4, 0.5) is 0 Å². The molecule has 0 amide bonds. The highest BCUT2D eigenvalue weighted by atomic mass is 32.1. The zero-order valence-electron chi connectivity index (χ0n) is 11.7. The van der Waals surface area contributed by atoms with E-state index in [9.17, 15) is 4.79 Å². The van der Waals surface area contributed by atoms with Gasteiger partial charge >= 0.3 is 5.97 Å². The Hall–Kier alpha value is -0.870. The van der Waals surface area contributed by atoms with Gasteiger partial charge in [0.1, 0.15) is 0 Å². The summed E-state index contributed by atoms with van der Waals surface area (Å²) < 4.78 is 0. The van der Waals surface area contributed by atoms with Crippen LogP contribution in [-0.4, -0.2) is 29.1 Å². The average Bonchev–Trinajstić information content (AvgIpc) is 2.64. The van der Waals surface area contributed by atoms with Crippen LogP contribution >= 0.6 is 11.3 Å². The van der Waals surface area contributed by atoms with Crippen LogP contribution in [0.2, 0.25) is 0 Å². The van der Waals surface area contributed by atoms with E-state index in [4.69, 9.17) is 5.11 Å². The fourth-order valence-corrected chi connectivity index (χ4v) is 2.92. The summed E-state index contributed by atoms with van der Waals surface area (Å²) in [5, 5.41) is 8.88. The maximum atomic E-state index is 10.8. The van der Waals surface area contributed by atoms with Crippen molar-refractivity contribution in [3.63, 3.8) is 0 Å². The van der Waals surface area contributed by atoms with Gasteiger partial charge in [-0.05, 0) is 30.5 Å². The number of carboxylic acid groups (broad SMARTS) is 1. The number of carbonyl (C=O) groups is 1. The molecule has 0 radical (unpaired) electrons. The molecule has 0 fully saturated rings. The highest BCUT2D eigenvalue weighted by Crippen LogP contribution is 2.30. The summed E-state index contributed by atoms with van der Waals surface area (Å²) >= 11 is 1.79. The van der Waals surface area contributed by atoms with E-state index in [1.165, 1.54) is 9.75 Å². The lowest BCUT2D eigenvalue weighted by atomic mass is 9.95. The molecule has 1 rings (SSSR count). The van der Waals surface area contributed by atoms with Crippen LogP contribution in [0.25, 0.3) is 0 Å². The molecule has 0 bridgehead atoms. The average molecular weight is 269 g/mol. The fourth-order valence-electron chi connectivity index (χ4n) is 1.81. The summed E-state index contributed by atoms with van der Waals surface area (Å²) in [4.78, 5) is 15.4. The second-order valence-corrected chi connectivity index (χ2v) is 6.79. The minimum atomic E-state index is -0.754. The largest absolute Gasteiger partial charge is 0.480 e. The Balaban J connectivity index is 2.69. The molecule has 0 saturated carbocycles. The summed E-state index contributed by atoms with van der Waals surface area (Å²) in [6.45, 7) is 10.4. The molecule has 0 aliphatic heterocycles. The first-order chi connectivity index (χ1) is 8.32. The second kappa shape index (κ2) is 6.34. The molecule has 0 aromatic carbocycles. The van der Waals surface area contributed by atoms with Crippen molar-refractivity contribution in [1.82, 2.24) is 4.90 Å². The van der Waals surface area contributed by atoms with Crippen LogP contribution in [0, 0.1) is 0 Å². The summed E-state index contributed by atoms with van der Waals surface area (Å²) in [7, 11) is 0. The number of carboxylic acids is 1. The van der Waals surface area contributed by atoms with Crippen molar-refractivity contribution in [1.29, 1.82) is 0 Å². The molecule has 3 nitrogen and oxygen atoms in total. The predicted molar refractivity (Wildman–Crippen MR) is 76.2 cm³/mol.